The van der Waals surface area contributed by atoms with Crippen LogP contribution in [0.3, 0.4) is 0 Å². The van der Waals surface area contributed by atoms with Crippen molar-refractivity contribution in [3.05, 3.63) is 71.3 Å². The molecule has 0 radical (unpaired) electrons. The maximum absolute atomic E-state index is 14.3. The van der Waals surface area contributed by atoms with E-state index in [1.807, 2.05) is 12.1 Å². The number of nitrogens with zero attached hydrogens (tertiary/aromatic N) is 3. The minimum Gasteiger partial charge on any atom is -0.334 e. The van der Waals surface area contributed by atoms with E-state index in [0.717, 1.165) is 32.2 Å². The average molecular weight is 388 g/mol. The Morgan fingerprint density at radius 1 is 1.21 bits per heavy atom. The zero-order valence-electron chi connectivity index (χ0n) is 15.9. The number of hydrogen-bond acceptors (Lipinski definition) is 5. The molecule has 2 aromatic carbocycles. The van der Waals surface area contributed by atoms with Crippen molar-refractivity contribution in [3.8, 4) is 17.5 Å². The van der Waals surface area contributed by atoms with E-state index in [-0.39, 0.29) is 22.4 Å². The van der Waals surface area contributed by atoms with Gasteiger partial charge in [0, 0.05) is 23.9 Å². The van der Waals surface area contributed by atoms with Gasteiger partial charge in [0.05, 0.1) is 17.2 Å². The Morgan fingerprint density at radius 3 is 2.72 bits per heavy atom. The quantitative estimate of drug-likeness (QED) is 0.681. The summed E-state index contributed by atoms with van der Waals surface area (Å²) in [4.78, 5) is 4.53. The monoisotopic (exact) mass is 388 g/mol. The lowest BCUT2D eigenvalue weighted by atomic mass is 9.68. The summed E-state index contributed by atoms with van der Waals surface area (Å²) in [6, 6.07) is 17.3. The van der Waals surface area contributed by atoms with Gasteiger partial charge in [-0.05, 0) is 43.0 Å². The number of halogens is 1. The fourth-order valence-electron chi connectivity index (χ4n) is 4.21. The van der Waals surface area contributed by atoms with Gasteiger partial charge in [0.25, 0.3) is 5.89 Å². The van der Waals surface area contributed by atoms with Crippen molar-refractivity contribution >= 4 is 0 Å². The number of nitriles is 1. The highest BCUT2D eigenvalue weighted by molar-refractivity contribution is 5.56. The Balaban J connectivity index is 1.29. The number of benzene rings is 2. The summed E-state index contributed by atoms with van der Waals surface area (Å²) >= 11 is 0. The van der Waals surface area contributed by atoms with E-state index in [9.17, 15) is 4.39 Å². The highest BCUT2D eigenvalue weighted by atomic mass is 19.1. The fourth-order valence-corrected chi connectivity index (χ4v) is 4.21. The summed E-state index contributed by atoms with van der Waals surface area (Å²) in [6.07, 6.45) is 4.27. The third-order valence-corrected chi connectivity index (χ3v) is 6.26. The molecule has 6 heteroatoms. The Morgan fingerprint density at radius 2 is 2.03 bits per heavy atom. The number of rotatable bonds is 6. The molecule has 146 valence electrons. The van der Waals surface area contributed by atoms with Crippen LogP contribution < -0.4 is 5.32 Å². The zero-order chi connectivity index (χ0) is 19.8. The van der Waals surface area contributed by atoms with E-state index in [1.54, 1.807) is 6.07 Å². The fraction of sp³-hybridized carbons (Fsp3) is 0.348. The third-order valence-electron chi connectivity index (χ3n) is 6.26. The normalized spacial score (nSPS) is 21.9. The molecule has 5 rings (SSSR count). The van der Waals surface area contributed by atoms with Gasteiger partial charge in [-0.25, -0.2) is 4.39 Å². The lowest BCUT2D eigenvalue weighted by Gasteiger charge is -2.39. The molecule has 0 unspecified atom stereocenters. The summed E-state index contributed by atoms with van der Waals surface area (Å²) < 4.78 is 19.7. The first-order valence-electron chi connectivity index (χ1n) is 10.0. The molecule has 0 saturated heterocycles. The van der Waals surface area contributed by atoms with Gasteiger partial charge in [0.2, 0.25) is 0 Å². The van der Waals surface area contributed by atoms with Crippen LogP contribution in [-0.2, 0) is 5.41 Å². The van der Waals surface area contributed by atoms with E-state index in [1.165, 1.54) is 17.7 Å². The molecule has 2 atom stereocenters. The van der Waals surface area contributed by atoms with Crippen molar-refractivity contribution in [1.82, 2.24) is 15.5 Å². The lowest BCUT2D eigenvalue weighted by molar-refractivity contribution is 0.211. The van der Waals surface area contributed by atoms with Gasteiger partial charge in [-0.15, -0.1) is 0 Å². The van der Waals surface area contributed by atoms with Gasteiger partial charge in [-0.1, -0.05) is 41.9 Å². The summed E-state index contributed by atoms with van der Waals surface area (Å²) in [5.41, 5.74) is 1.74. The molecule has 1 N–H and O–H groups in total. The Kier molecular flexibility index (Phi) is 4.40. The molecular formula is C23H21FN4O. The van der Waals surface area contributed by atoms with E-state index < -0.39 is 5.82 Å². The van der Waals surface area contributed by atoms with Crippen LogP contribution in [0.2, 0.25) is 0 Å². The minimum absolute atomic E-state index is 0.144. The second-order valence-electron chi connectivity index (χ2n) is 8.10. The van der Waals surface area contributed by atoms with Crippen LogP contribution in [0.15, 0.2) is 53.1 Å². The summed E-state index contributed by atoms with van der Waals surface area (Å²) in [5, 5.41) is 16.8. The topological polar surface area (TPSA) is 74.7 Å². The standard InChI is InChI=1S/C23H21FN4O/c24-19-11-15(13-25)7-8-17(19)21-27-22(28-29-21)23(9-4-10-23)14-26-20-12-18(20)16-5-2-1-3-6-16/h1-3,5-8,11,18,20,26H,4,9-10,12,14H2/t18-,20+/m1/s1. The molecule has 2 fully saturated rings. The predicted octanol–water partition coefficient (Wildman–Crippen LogP) is 4.31. The lowest BCUT2D eigenvalue weighted by Crippen LogP contribution is -2.45. The smallest absolute Gasteiger partial charge is 0.260 e. The van der Waals surface area contributed by atoms with Crippen LogP contribution in [-0.4, -0.2) is 22.7 Å². The molecule has 2 aliphatic rings. The van der Waals surface area contributed by atoms with Crippen molar-refractivity contribution < 1.29 is 8.91 Å². The van der Waals surface area contributed by atoms with Crippen molar-refractivity contribution in [2.45, 2.75) is 43.1 Å². The largest absolute Gasteiger partial charge is 0.334 e. The molecule has 5 nitrogen and oxygen atoms in total. The second-order valence-corrected chi connectivity index (χ2v) is 8.10. The molecule has 0 aliphatic heterocycles. The van der Waals surface area contributed by atoms with Gasteiger partial charge in [0.15, 0.2) is 5.82 Å². The maximum Gasteiger partial charge on any atom is 0.260 e. The zero-order valence-corrected chi connectivity index (χ0v) is 15.9. The van der Waals surface area contributed by atoms with E-state index >= 15 is 0 Å². The van der Waals surface area contributed by atoms with Crippen LogP contribution in [0.4, 0.5) is 4.39 Å². The minimum atomic E-state index is -0.524. The van der Waals surface area contributed by atoms with Crippen molar-refractivity contribution in [3.63, 3.8) is 0 Å². The van der Waals surface area contributed by atoms with E-state index in [0.29, 0.717) is 17.8 Å². The molecule has 2 saturated carbocycles. The first-order chi connectivity index (χ1) is 14.2. The van der Waals surface area contributed by atoms with Crippen LogP contribution >= 0.6 is 0 Å². The Bertz CT molecular complexity index is 1070. The first kappa shape index (κ1) is 18.0. The third kappa shape index (κ3) is 3.32. The highest BCUT2D eigenvalue weighted by Crippen LogP contribution is 2.45. The van der Waals surface area contributed by atoms with Crippen LogP contribution in [0.5, 0.6) is 0 Å². The molecule has 1 aromatic heterocycles. The molecule has 1 heterocycles. The number of nitrogens with one attached hydrogen (secondary N) is 1. The van der Waals surface area contributed by atoms with Crippen molar-refractivity contribution in [2.24, 2.45) is 0 Å². The molecule has 0 spiro atoms. The Hall–Kier alpha value is -3.04. The summed E-state index contributed by atoms with van der Waals surface area (Å²) in [6.45, 7) is 0.801. The van der Waals surface area contributed by atoms with Crippen LogP contribution in [0.25, 0.3) is 11.5 Å². The van der Waals surface area contributed by atoms with E-state index in [4.69, 9.17) is 9.78 Å². The second kappa shape index (κ2) is 7.09. The first-order valence-corrected chi connectivity index (χ1v) is 10.0. The van der Waals surface area contributed by atoms with Gasteiger partial charge in [-0.2, -0.15) is 10.2 Å². The Labute approximate surface area is 168 Å². The van der Waals surface area contributed by atoms with Crippen molar-refractivity contribution in [2.75, 3.05) is 6.54 Å². The van der Waals surface area contributed by atoms with Crippen LogP contribution in [0.1, 0.15) is 48.6 Å². The molecule has 3 aromatic rings. The summed E-state index contributed by atoms with van der Waals surface area (Å²) in [5.74, 6) is 0.861. The number of aromatic nitrogens is 2. The molecule has 0 bridgehead atoms. The number of hydrogen-bond donors (Lipinski definition) is 1. The van der Waals surface area contributed by atoms with Gasteiger partial charge in [0.1, 0.15) is 5.82 Å². The van der Waals surface area contributed by atoms with E-state index in [2.05, 4.69) is 39.7 Å². The SMILES string of the molecule is N#Cc1ccc(-c2nc(C3(CN[C@H]4C[C@@H]4c4ccccc4)CCC3)no2)c(F)c1. The van der Waals surface area contributed by atoms with Crippen molar-refractivity contribution in [1.29, 1.82) is 5.26 Å². The summed E-state index contributed by atoms with van der Waals surface area (Å²) in [7, 11) is 0. The molecule has 0 amide bonds. The highest BCUT2D eigenvalue weighted by Gasteiger charge is 2.46. The van der Waals surface area contributed by atoms with Gasteiger partial charge in [-0.3, -0.25) is 0 Å². The molecular weight excluding hydrogens is 367 g/mol. The molecule has 29 heavy (non-hydrogen) atoms. The molecule has 2 aliphatic carbocycles. The van der Waals surface area contributed by atoms with Gasteiger partial charge < -0.3 is 9.84 Å². The van der Waals surface area contributed by atoms with Crippen LogP contribution in [0, 0.1) is 17.1 Å². The predicted molar refractivity (Wildman–Crippen MR) is 106 cm³/mol. The maximum atomic E-state index is 14.3. The van der Waals surface area contributed by atoms with Gasteiger partial charge >= 0.3 is 0 Å². The average Bonchev–Trinajstić information content (AvgIpc) is 3.34.